The Morgan fingerprint density at radius 3 is 2.38 bits per heavy atom. The van der Waals surface area contributed by atoms with Crippen LogP contribution in [0.3, 0.4) is 0 Å². The van der Waals surface area contributed by atoms with Crippen LogP contribution in [0.4, 0.5) is 21.7 Å². The first kappa shape index (κ1) is 25.7. The Hall–Kier alpha value is -2.98. The molecule has 2 aliphatic heterocycles. The highest BCUT2D eigenvalue weighted by molar-refractivity contribution is 6.35. The molecule has 0 bridgehead atoms. The fourth-order valence-corrected chi connectivity index (χ4v) is 5.15. The average Bonchev–Trinajstić information content (AvgIpc) is 3.39. The molecule has 1 atom stereocenters. The molecule has 37 heavy (non-hydrogen) atoms. The first-order valence-corrected chi connectivity index (χ1v) is 12.8. The summed E-state index contributed by atoms with van der Waals surface area (Å²) < 4.78 is 20.9. The molecule has 0 aliphatic carbocycles. The van der Waals surface area contributed by atoms with E-state index in [9.17, 15) is 4.79 Å². The molecule has 1 aromatic heterocycles. The minimum absolute atomic E-state index is 0.277. The molecule has 2 N–H and O–H groups in total. The number of likely N-dealkylation sites (N-methyl/N-ethyl adjacent to an activating group) is 1. The Morgan fingerprint density at radius 2 is 1.73 bits per heavy atom. The maximum Gasteiger partial charge on any atom is 0.255 e. The Bertz CT molecular complexity index is 1270. The molecule has 8 nitrogen and oxygen atoms in total. The van der Waals surface area contributed by atoms with Crippen LogP contribution in [0.1, 0.15) is 16.8 Å². The van der Waals surface area contributed by atoms with Gasteiger partial charge in [-0.3, -0.25) is 4.79 Å². The van der Waals surface area contributed by atoms with E-state index >= 15 is 4.39 Å². The van der Waals surface area contributed by atoms with Crippen molar-refractivity contribution in [1.29, 1.82) is 0 Å². The van der Waals surface area contributed by atoms with Gasteiger partial charge in [0.2, 0.25) is 5.95 Å². The number of hydrogen-bond donors (Lipinski definition) is 2. The zero-order valence-electron chi connectivity index (χ0n) is 20.3. The molecular formula is C26H27Cl2FN6O2. The number of amides is 1. The maximum atomic E-state index is 15.5. The molecule has 194 valence electrons. The standard InChI is InChI=1S/C26H27Cl2FN6O2/c1-30-20-2-3-35(15-20)24-12-22(29)21(17-13-31-26(32-14-17)34-4-6-37-7-5-34)11-23(24)33-25(36)16-8-18(27)10-19(28)9-16/h8-14,20,30H,2-7,15H2,1H3,(H,33,36)/t20-/m0/s1. The van der Waals surface area contributed by atoms with Crippen molar-refractivity contribution in [2.24, 2.45) is 0 Å². The molecule has 0 saturated carbocycles. The van der Waals surface area contributed by atoms with Crippen LogP contribution in [-0.2, 0) is 4.74 Å². The Kier molecular flexibility index (Phi) is 7.76. The molecule has 3 heterocycles. The zero-order valence-corrected chi connectivity index (χ0v) is 21.8. The molecule has 2 fully saturated rings. The number of halogens is 3. The highest BCUT2D eigenvalue weighted by Crippen LogP contribution is 2.36. The van der Waals surface area contributed by atoms with Crippen molar-refractivity contribution >= 4 is 46.4 Å². The van der Waals surface area contributed by atoms with Gasteiger partial charge in [0.1, 0.15) is 5.82 Å². The van der Waals surface area contributed by atoms with Crippen LogP contribution < -0.4 is 20.4 Å². The monoisotopic (exact) mass is 544 g/mol. The lowest BCUT2D eigenvalue weighted by molar-refractivity contribution is 0.102. The Labute approximate surface area is 224 Å². The number of rotatable bonds is 6. The van der Waals surface area contributed by atoms with Gasteiger partial charge in [-0.2, -0.15) is 0 Å². The molecule has 0 radical (unpaired) electrons. The molecule has 1 amide bonds. The lowest BCUT2D eigenvalue weighted by Gasteiger charge is -2.26. The number of nitrogens with one attached hydrogen (secondary N) is 2. The van der Waals surface area contributed by atoms with Crippen LogP contribution in [-0.4, -0.2) is 68.4 Å². The summed E-state index contributed by atoms with van der Waals surface area (Å²) in [6.45, 7) is 4.07. The zero-order chi connectivity index (χ0) is 25.9. The fourth-order valence-electron chi connectivity index (χ4n) is 4.63. The highest BCUT2D eigenvalue weighted by atomic mass is 35.5. The van der Waals surface area contributed by atoms with Crippen molar-refractivity contribution in [2.75, 3.05) is 61.6 Å². The van der Waals surface area contributed by atoms with Crippen LogP contribution in [0.15, 0.2) is 42.7 Å². The molecular weight excluding hydrogens is 518 g/mol. The summed E-state index contributed by atoms with van der Waals surface area (Å²) >= 11 is 12.2. The number of hydrogen-bond acceptors (Lipinski definition) is 7. The van der Waals surface area contributed by atoms with Crippen LogP contribution in [0.2, 0.25) is 10.0 Å². The van der Waals surface area contributed by atoms with Crippen LogP contribution >= 0.6 is 23.2 Å². The van der Waals surface area contributed by atoms with Gasteiger partial charge in [-0.05, 0) is 43.8 Å². The second-order valence-corrected chi connectivity index (χ2v) is 9.93. The van der Waals surface area contributed by atoms with E-state index in [2.05, 4.69) is 25.5 Å². The number of ether oxygens (including phenoxy) is 1. The maximum absolute atomic E-state index is 15.5. The van der Waals surface area contributed by atoms with Crippen molar-refractivity contribution in [3.8, 4) is 11.1 Å². The minimum Gasteiger partial charge on any atom is -0.378 e. The van der Waals surface area contributed by atoms with Crippen molar-refractivity contribution in [3.05, 3.63) is 64.2 Å². The van der Waals surface area contributed by atoms with Gasteiger partial charge in [0, 0.05) is 71.4 Å². The van der Waals surface area contributed by atoms with Crippen molar-refractivity contribution in [2.45, 2.75) is 12.5 Å². The fraction of sp³-hybridized carbons (Fsp3) is 0.346. The van der Waals surface area contributed by atoms with E-state index in [1.54, 1.807) is 24.5 Å². The van der Waals surface area contributed by atoms with Gasteiger partial charge in [0.05, 0.1) is 24.6 Å². The average molecular weight is 545 g/mol. The van der Waals surface area contributed by atoms with Crippen molar-refractivity contribution in [3.63, 3.8) is 0 Å². The van der Waals surface area contributed by atoms with Gasteiger partial charge >= 0.3 is 0 Å². The second-order valence-electron chi connectivity index (χ2n) is 9.05. The van der Waals surface area contributed by atoms with E-state index in [-0.39, 0.29) is 6.04 Å². The third-order valence-electron chi connectivity index (χ3n) is 6.64. The highest BCUT2D eigenvalue weighted by Gasteiger charge is 2.26. The normalized spacial score (nSPS) is 17.8. The number of nitrogens with zero attached hydrogens (tertiary/aromatic N) is 4. The minimum atomic E-state index is -0.422. The smallest absolute Gasteiger partial charge is 0.255 e. The summed E-state index contributed by atoms with van der Waals surface area (Å²) in [5, 5.41) is 6.92. The predicted molar refractivity (Wildman–Crippen MR) is 145 cm³/mol. The van der Waals surface area contributed by atoms with Crippen LogP contribution in [0, 0.1) is 5.82 Å². The van der Waals surface area contributed by atoms with Gasteiger partial charge in [0.25, 0.3) is 5.91 Å². The second kappa shape index (κ2) is 11.2. The molecule has 11 heteroatoms. The largest absolute Gasteiger partial charge is 0.378 e. The lowest BCUT2D eigenvalue weighted by Crippen LogP contribution is -2.37. The molecule has 2 aliphatic rings. The lowest BCUT2D eigenvalue weighted by atomic mass is 10.1. The first-order chi connectivity index (χ1) is 17.9. The Balaban J connectivity index is 1.49. The molecule has 2 saturated heterocycles. The summed E-state index contributed by atoms with van der Waals surface area (Å²) in [5.74, 6) is -0.244. The number of carbonyl (C=O) groups is 1. The number of benzene rings is 2. The summed E-state index contributed by atoms with van der Waals surface area (Å²) in [6, 6.07) is 8.01. The number of carbonyl (C=O) groups excluding carboxylic acids is 1. The summed E-state index contributed by atoms with van der Waals surface area (Å²) in [7, 11) is 1.91. The van der Waals surface area contributed by atoms with Gasteiger partial charge in [-0.1, -0.05) is 23.2 Å². The summed E-state index contributed by atoms with van der Waals surface area (Å²) in [6.07, 6.45) is 4.12. The topological polar surface area (TPSA) is 82.6 Å². The van der Waals surface area contributed by atoms with Crippen LogP contribution in [0.5, 0.6) is 0 Å². The van der Waals surface area contributed by atoms with E-state index < -0.39 is 11.7 Å². The van der Waals surface area contributed by atoms with Crippen LogP contribution in [0.25, 0.3) is 11.1 Å². The molecule has 3 aromatic rings. The van der Waals surface area contributed by atoms with Crippen molar-refractivity contribution < 1.29 is 13.9 Å². The third-order valence-corrected chi connectivity index (χ3v) is 7.08. The number of morpholine rings is 1. The van der Waals surface area contributed by atoms with Gasteiger partial charge in [-0.25, -0.2) is 14.4 Å². The van der Waals surface area contributed by atoms with E-state index in [1.165, 1.54) is 18.2 Å². The van der Waals surface area contributed by atoms with E-state index in [1.807, 2.05) is 11.9 Å². The first-order valence-electron chi connectivity index (χ1n) is 12.1. The quantitative estimate of drug-likeness (QED) is 0.473. The Morgan fingerprint density at radius 1 is 1.03 bits per heavy atom. The molecule has 2 aromatic carbocycles. The SMILES string of the molecule is CN[C@H]1CCN(c2cc(F)c(-c3cnc(N4CCOCC4)nc3)cc2NC(=O)c2cc(Cl)cc(Cl)c2)C1. The molecule has 0 spiro atoms. The van der Waals surface area contributed by atoms with Gasteiger partial charge in [-0.15, -0.1) is 0 Å². The molecule has 0 unspecified atom stereocenters. The van der Waals surface area contributed by atoms with E-state index in [4.69, 9.17) is 27.9 Å². The summed E-state index contributed by atoms with van der Waals surface area (Å²) in [4.78, 5) is 26.2. The van der Waals surface area contributed by atoms with E-state index in [0.29, 0.717) is 76.9 Å². The third kappa shape index (κ3) is 5.80. The summed E-state index contributed by atoms with van der Waals surface area (Å²) in [5.41, 5.74) is 2.19. The predicted octanol–water partition coefficient (Wildman–Crippen LogP) is 4.48. The van der Waals surface area contributed by atoms with E-state index in [0.717, 1.165) is 13.0 Å². The number of aromatic nitrogens is 2. The van der Waals surface area contributed by atoms with Crippen molar-refractivity contribution in [1.82, 2.24) is 15.3 Å². The van der Waals surface area contributed by atoms with Gasteiger partial charge < -0.3 is 25.2 Å². The number of anilines is 3. The molecule has 5 rings (SSSR count). The van der Waals surface area contributed by atoms with Gasteiger partial charge in [0.15, 0.2) is 0 Å².